The summed E-state index contributed by atoms with van der Waals surface area (Å²) in [5, 5.41) is 1.18. The van der Waals surface area contributed by atoms with Crippen LogP contribution >= 0.6 is 0 Å². The van der Waals surface area contributed by atoms with E-state index in [1.807, 2.05) is 6.07 Å². The van der Waals surface area contributed by atoms with Gasteiger partial charge < -0.3 is 4.90 Å². The van der Waals surface area contributed by atoms with E-state index >= 15 is 0 Å². The predicted molar refractivity (Wildman–Crippen MR) is 132 cm³/mol. The van der Waals surface area contributed by atoms with Crippen molar-refractivity contribution >= 4 is 22.7 Å². The summed E-state index contributed by atoms with van der Waals surface area (Å²) in [6.07, 6.45) is 4.64. The highest BCUT2D eigenvalue weighted by Crippen LogP contribution is 2.41. The lowest BCUT2D eigenvalue weighted by molar-refractivity contribution is 0.345. The van der Waals surface area contributed by atoms with Gasteiger partial charge in [-0.15, -0.1) is 0 Å². The highest BCUT2D eigenvalue weighted by atomic mass is 15.2. The Balaban J connectivity index is 1.71. The quantitative estimate of drug-likeness (QED) is 0.355. The maximum Gasteiger partial charge on any atom is 0.0949 e. The van der Waals surface area contributed by atoms with E-state index in [2.05, 4.69) is 117 Å². The number of rotatable bonds is 3. The lowest BCUT2D eigenvalue weighted by Crippen LogP contribution is -2.44. The molecule has 5 rings (SSSR count). The molecule has 0 aliphatic carbocycles. The van der Waals surface area contributed by atoms with Gasteiger partial charge in [0, 0.05) is 17.5 Å². The van der Waals surface area contributed by atoms with Crippen molar-refractivity contribution in [3.05, 3.63) is 102 Å². The molecule has 1 atom stereocenters. The molecule has 2 heterocycles. The molecule has 1 aliphatic rings. The third-order valence-corrected chi connectivity index (χ3v) is 6.10. The third-order valence-electron chi connectivity index (χ3n) is 6.10. The van der Waals surface area contributed by atoms with E-state index in [1.165, 1.54) is 22.2 Å². The van der Waals surface area contributed by atoms with Crippen molar-refractivity contribution in [2.75, 3.05) is 4.90 Å². The van der Waals surface area contributed by atoms with Crippen LogP contribution in [-0.4, -0.2) is 11.0 Å². The predicted octanol–water partition coefficient (Wildman–Crippen LogP) is 7.35. The van der Waals surface area contributed by atoms with Crippen LogP contribution in [0.2, 0.25) is 0 Å². The second-order valence-electron chi connectivity index (χ2n) is 9.42. The highest BCUT2D eigenvalue weighted by molar-refractivity contribution is 5.98. The van der Waals surface area contributed by atoms with Crippen molar-refractivity contribution in [3.63, 3.8) is 0 Å². The average Bonchev–Trinajstić information content (AvgIpc) is 2.79. The largest absolute Gasteiger partial charge is 0.358 e. The van der Waals surface area contributed by atoms with Crippen LogP contribution in [0.25, 0.3) is 28.2 Å². The van der Waals surface area contributed by atoms with Crippen molar-refractivity contribution in [2.45, 2.75) is 33.4 Å². The summed E-state index contributed by atoms with van der Waals surface area (Å²) in [6.45, 7) is 7.81. The maximum atomic E-state index is 5.19. The van der Waals surface area contributed by atoms with Gasteiger partial charge in [0.2, 0.25) is 0 Å². The molecule has 0 N–H and O–H groups in total. The molecular weight excluding hydrogens is 376 g/mol. The summed E-state index contributed by atoms with van der Waals surface area (Å²) >= 11 is 0. The van der Waals surface area contributed by atoms with E-state index < -0.39 is 0 Å². The van der Waals surface area contributed by atoms with Crippen LogP contribution < -0.4 is 4.90 Å². The van der Waals surface area contributed by atoms with Gasteiger partial charge in [0.25, 0.3) is 0 Å². The van der Waals surface area contributed by atoms with Crippen molar-refractivity contribution in [1.82, 2.24) is 4.98 Å². The molecule has 0 amide bonds. The Bertz CT molecular complexity index is 1230. The first-order chi connectivity index (χ1) is 15.0. The molecule has 0 bridgehead atoms. The Kier molecular flexibility index (Phi) is 4.86. The molecule has 2 heteroatoms. The van der Waals surface area contributed by atoms with Crippen LogP contribution in [0.1, 0.15) is 31.9 Å². The number of anilines is 1. The number of pyridine rings is 1. The zero-order valence-corrected chi connectivity index (χ0v) is 18.4. The first-order valence-corrected chi connectivity index (χ1v) is 11.0. The zero-order chi connectivity index (χ0) is 21.4. The van der Waals surface area contributed by atoms with Crippen LogP contribution in [0.4, 0.5) is 5.69 Å². The SMILES string of the molecule is CC(C)(C)C1C=Cc2ccc3ccc(-c4ccccc4)nc3c2N1Cc1ccccc1. The molecule has 0 saturated carbocycles. The molecule has 0 saturated heterocycles. The van der Waals surface area contributed by atoms with Crippen molar-refractivity contribution in [2.24, 2.45) is 5.41 Å². The number of aromatic nitrogens is 1. The van der Waals surface area contributed by atoms with E-state index in [4.69, 9.17) is 4.98 Å². The second kappa shape index (κ2) is 7.70. The van der Waals surface area contributed by atoms with Crippen LogP contribution in [0.3, 0.4) is 0 Å². The third kappa shape index (κ3) is 3.74. The summed E-state index contributed by atoms with van der Waals surface area (Å²) in [5.41, 5.74) is 7.13. The standard InChI is InChI=1S/C29H28N2/c1-29(2,3)26-19-17-24-15-14-23-16-18-25(22-12-8-5-9-13-22)30-27(23)28(24)31(26)20-21-10-6-4-7-11-21/h4-19,26H,20H2,1-3H3. The first kappa shape index (κ1) is 19.6. The molecule has 1 aliphatic heterocycles. The fourth-order valence-corrected chi connectivity index (χ4v) is 4.55. The topological polar surface area (TPSA) is 16.1 Å². The van der Waals surface area contributed by atoms with Crippen molar-refractivity contribution in [1.29, 1.82) is 0 Å². The van der Waals surface area contributed by atoms with Gasteiger partial charge in [-0.1, -0.05) is 112 Å². The van der Waals surface area contributed by atoms with E-state index in [9.17, 15) is 0 Å². The van der Waals surface area contributed by atoms with Gasteiger partial charge >= 0.3 is 0 Å². The van der Waals surface area contributed by atoms with E-state index in [1.54, 1.807) is 0 Å². The van der Waals surface area contributed by atoms with Gasteiger partial charge in [-0.3, -0.25) is 0 Å². The number of nitrogens with zero attached hydrogens (tertiary/aromatic N) is 2. The fourth-order valence-electron chi connectivity index (χ4n) is 4.55. The Labute approximate surface area is 184 Å². The van der Waals surface area contributed by atoms with E-state index in [0.29, 0.717) is 0 Å². The Morgan fingerprint density at radius 1 is 0.806 bits per heavy atom. The lowest BCUT2D eigenvalue weighted by Gasteiger charge is -2.43. The fraction of sp³-hybridized carbons (Fsp3) is 0.207. The summed E-state index contributed by atoms with van der Waals surface area (Å²) in [4.78, 5) is 7.74. The van der Waals surface area contributed by atoms with Gasteiger partial charge in [-0.05, 0) is 22.6 Å². The first-order valence-electron chi connectivity index (χ1n) is 11.0. The maximum absolute atomic E-state index is 5.19. The molecule has 3 aromatic carbocycles. The average molecular weight is 405 g/mol. The van der Waals surface area contributed by atoms with Gasteiger partial charge in [0.05, 0.1) is 22.9 Å². The molecule has 31 heavy (non-hydrogen) atoms. The van der Waals surface area contributed by atoms with Gasteiger partial charge in [0.1, 0.15) is 0 Å². The van der Waals surface area contributed by atoms with Crippen LogP contribution in [0.15, 0.2) is 91.0 Å². The van der Waals surface area contributed by atoms with Crippen LogP contribution in [-0.2, 0) is 6.54 Å². The molecule has 0 radical (unpaired) electrons. The number of hydrogen-bond acceptors (Lipinski definition) is 2. The molecule has 1 aromatic heterocycles. The number of hydrogen-bond donors (Lipinski definition) is 0. The van der Waals surface area contributed by atoms with Gasteiger partial charge in [0.15, 0.2) is 0 Å². The summed E-state index contributed by atoms with van der Waals surface area (Å²) in [7, 11) is 0. The second-order valence-corrected chi connectivity index (χ2v) is 9.42. The van der Waals surface area contributed by atoms with E-state index in [-0.39, 0.29) is 11.5 Å². The molecule has 2 nitrogen and oxygen atoms in total. The smallest absolute Gasteiger partial charge is 0.0949 e. The Hall–Kier alpha value is -3.39. The number of benzene rings is 3. The minimum absolute atomic E-state index is 0.0994. The van der Waals surface area contributed by atoms with Gasteiger partial charge in [-0.2, -0.15) is 0 Å². The Morgan fingerprint density at radius 3 is 2.19 bits per heavy atom. The summed E-state index contributed by atoms with van der Waals surface area (Å²) in [5.74, 6) is 0. The van der Waals surface area contributed by atoms with Crippen molar-refractivity contribution < 1.29 is 0 Å². The summed E-state index contributed by atoms with van der Waals surface area (Å²) in [6, 6.07) is 30.2. The monoisotopic (exact) mass is 404 g/mol. The molecule has 4 aromatic rings. The lowest BCUT2D eigenvalue weighted by atomic mass is 9.82. The normalized spacial score (nSPS) is 15.8. The van der Waals surface area contributed by atoms with E-state index in [0.717, 1.165) is 23.3 Å². The molecule has 0 fully saturated rings. The molecule has 1 unspecified atom stereocenters. The minimum Gasteiger partial charge on any atom is -0.358 e. The summed E-state index contributed by atoms with van der Waals surface area (Å²) < 4.78 is 0. The van der Waals surface area contributed by atoms with Gasteiger partial charge in [-0.25, -0.2) is 4.98 Å². The molecule has 0 spiro atoms. The van der Waals surface area contributed by atoms with Crippen LogP contribution in [0, 0.1) is 5.41 Å². The highest BCUT2D eigenvalue weighted by Gasteiger charge is 2.33. The molecule has 154 valence electrons. The number of fused-ring (bicyclic) bond motifs is 3. The molecular formula is C29H28N2. The van der Waals surface area contributed by atoms with Crippen LogP contribution in [0.5, 0.6) is 0 Å². The Morgan fingerprint density at radius 2 is 1.48 bits per heavy atom. The zero-order valence-electron chi connectivity index (χ0n) is 18.4. The minimum atomic E-state index is 0.0994. The van der Waals surface area contributed by atoms with Crippen molar-refractivity contribution in [3.8, 4) is 11.3 Å².